The van der Waals surface area contributed by atoms with Crippen LogP contribution in [0.15, 0.2) is 35.6 Å². The van der Waals surface area contributed by atoms with E-state index in [0.717, 1.165) is 18.3 Å². The standard InChI is InChI=1S/C14H20N6/c1-11-4-6-12(7-5-11)8-16-14(15-2)17-9-13-19-18-10-20(13)3/h4-7,10H,8-9H2,1-3H3,(H2,15,16,17). The molecule has 1 heterocycles. The zero-order valence-corrected chi connectivity index (χ0v) is 12.1. The van der Waals surface area contributed by atoms with Crippen LogP contribution < -0.4 is 10.6 Å². The Morgan fingerprint density at radius 3 is 2.50 bits per heavy atom. The fourth-order valence-electron chi connectivity index (χ4n) is 1.74. The van der Waals surface area contributed by atoms with Gasteiger partial charge in [-0.25, -0.2) is 0 Å². The Morgan fingerprint density at radius 2 is 1.90 bits per heavy atom. The molecule has 1 aromatic carbocycles. The van der Waals surface area contributed by atoms with Crippen LogP contribution in [0.3, 0.4) is 0 Å². The Bertz CT molecular complexity index is 570. The first-order valence-electron chi connectivity index (χ1n) is 6.52. The zero-order chi connectivity index (χ0) is 14.4. The summed E-state index contributed by atoms with van der Waals surface area (Å²) in [6, 6.07) is 8.43. The quantitative estimate of drug-likeness (QED) is 0.643. The molecular weight excluding hydrogens is 252 g/mol. The van der Waals surface area contributed by atoms with Crippen LogP contribution in [0.2, 0.25) is 0 Å². The van der Waals surface area contributed by atoms with Crippen molar-refractivity contribution >= 4 is 5.96 Å². The third kappa shape index (κ3) is 3.81. The van der Waals surface area contributed by atoms with Crippen LogP contribution in [0.4, 0.5) is 0 Å². The van der Waals surface area contributed by atoms with E-state index in [1.54, 1.807) is 13.4 Å². The van der Waals surface area contributed by atoms with E-state index in [2.05, 4.69) is 57.0 Å². The average molecular weight is 272 g/mol. The first-order valence-corrected chi connectivity index (χ1v) is 6.52. The van der Waals surface area contributed by atoms with E-state index < -0.39 is 0 Å². The summed E-state index contributed by atoms with van der Waals surface area (Å²) in [6.07, 6.45) is 1.68. The number of benzene rings is 1. The molecule has 0 amide bonds. The summed E-state index contributed by atoms with van der Waals surface area (Å²) in [4.78, 5) is 4.19. The van der Waals surface area contributed by atoms with Gasteiger partial charge >= 0.3 is 0 Å². The molecule has 0 aliphatic heterocycles. The largest absolute Gasteiger partial charge is 0.352 e. The van der Waals surface area contributed by atoms with Gasteiger partial charge in [-0.3, -0.25) is 4.99 Å². The van der Waals surface area contributed by atoms with Crippen LogP contribution in [-0.2, 0) is 20.1 Å². The number of aliphatic imine (C=N–C) groups is 1. The van der Waals surface area contributed by atoms with Gasteiger partial charge in [-0.1, -0.05) is 29.8 Å². The highest BCUT2D eigenvalue weighted by Gasteiger charge is 2.02. The van der Waals surface area contributed by atoms with E-state index in [4.69, 9.17) is 0 Å². The number of guanidine groups is 1. The van der Waals surface area contributed by atoms with Crippen molar-refractivity contribution in [2.75, 3.05) is 7.05 Å². The second-order valence-corrected chi connectivity index (χ2v) is 4.62. The smallest absolute Gasteiger partial charge is 0.191 e. The third-order valence-corrected chi connectivity index (χ3v) is 3.02. The highest BCUT2D eigenvalue weighted by Crippen LogP contribution is 2.02. The van der Waals surface area contributed by atoms with Crippen molar-refractivity contribution < 1.29 is 0 Å². The first kappa shape index (κ1) is 14.0. The van der Waals surface area contributed by atoms with E-state index in [1.807, 2.05) is 11.6 Å². The van der Waals surface area contributed by atoms with Crippen LogP contribution in [0.25, 0.3) is 0 Å². The second kappa shape index (κ2) is 6.70. The number of hydrogen-bond acceptors (Lipinski definition) is 3. The molecule has 0 aliphatic carbocycles. The predicted octanol–water partition coefficient (Wildman–Crippen LogP) is 0.989. The fourth-order valence-corrected chi connectivity index (χ4v) is 1.74. The van der Waals surface area contributed by atoms with Crippen LogP contribution in [-0.4, -0.2) is 27.8 Å². The summed E-state index contributed by atoms with van der Waals surface area (Å²) < 4.78 is 1.88. The van der Waals surface area contributed by atoms with Gasteiger partial charge in [0.25, 0.3) is 0 Å². The van der Waals surface area contributed by atoms with Crippen molar-refractivity contribution in [3.8, 4) is 0 Å². The van der Waals surface area contributed by atoms with Gasteiger partial charge in [0, 0.05) is 20.6 Å². The lowest BCUT2D eigenvalue weighted by molar-refractivity contribution is 0.725. The molecule has 0 saturated heterocycles. The molecule has 20 heavy (non-hydrogen) atoms. The Balaban J connectivity index is 1.84. The van der Waals surface area contributed by atoms with Crippen LogP contribution in [0, 0.1) is 6.92 Å². The van der Waals surface area contributed by atoms with Crippen LogP contribution in [0.1, 0.15) is 17.0 Å². The molecule has 0 radical (unpaired) electrons. The van der Waals surface area contributed by atoms with Crippen molar-refractivity contribution in [2.24, 2.45) is 12.0 Å². The molecule has 2 aromatic rings. The number of aromatic nitrogens is 3. The highest BCUT2D eigenvalue weighted by molar-refractivity contribution is 5.79. The van der Waals surface area contributed by atoms with Crippen molar-refractivity contribution in [3.05, 3.63) is 47.5 Å². The van der Waals surface area contributed by atoms with Gasteiger partial charge in [0.1, 0.15) is 6.33 Å². The molecule has 106 valence electrons. The van der Waals surface area contributed by atoms with Gasteiger partial charge in [0.2, 0.25) is 0 Å². The number of hydrogen-bond donors (Lipinski definition) is 2. The Hall–Kier alpha value is -2.37. The third-order valence-electron chi connectivity index (χ3n) is 3.02. The molecule has 6 heteroatoms. The molecule has 0 unspecified atom stereocenters. The van der Waals surface area contributed by atoms with Crippen LogP contribution >= 0.6 is 0 Å². The van der Waals surface area contributed by atoms with E-state index in [1.165, 1.54) is 11.1 Å². The SMILES string of the molecule is CN=C(NCc1ccc(C)cc1)NCc1nncn1C. The monoisotopic (exact) mass is 272 g/mol. The second-order valence-electron chi connectivity index (χ2n) is 4.62. The summed E-state index contributed by atoms with van der Waals surface area (Å²) in [5, 5.41) is 14.3. The van der Waals surface area contributed by atoms with Gasteiger partial charge in [-0.05, 0) is 12.5 Å². The zero-order valence-electron chi connectivity index (χ0n) is 12.1. The molecule has 1 aromatic heterocycles. The lowest BCUT2D eigenvalue weighted by Gasteiger charge is -2.11. The molecule has 0 aliphatic rings. The molecule has 2 rings (SSSR count). The van der Waals surface area contributed by atoms with E-state index in [0.29, 0.717) is 6.54 Å². The summed E-state index contributed by atoms with van der Waals surface area (Å²) >= 11 is 0. The van der Waals surface area contributed by atoms with E-state index in [-0.39, 0.29) is 0 Å². The topological polar surface area (TPSA) is 67.1 Å². The maximum absolute atomic E-state index is 4.19. The average Bonchev–Trinajstić information content (AvgIpc) is 2.86. The first-order chi connectivity index (χ1) is 9.69. The van der Waals surface area contributed by atoms with E-state index >= 15 is 0 Å². The predicted molar refractivity (Wildman–Crippen MR) is 79.2 cm³/mol. The minimum absolute atomic E-state index is 0.587. The number of rotatable bonds is 4. The summed E-state index contributed by atoms with van der Waals surface area (Å²) in [5.74, 6) is 1.61. The van der Waals surface area contributed by atoms with Gasteiger partial charge in [0.15, 0.2) is 11.8 Å². The Labute approximate surface area is 119 Å². The molecule has 0 spiro atoms. The number of nitrogens with one attached hydrogen (secondary N) is 2. The Morgan fingerprint density at radius 1 is 1.20 bits per heavy atom. The fraction of sp³-hybridized carbons (Fsp3) is 0.357. The summed E-state index contributed by atoms with van der Waals surface area (Å²) in [7, 11) is 3.67. The van der Waals surface area contributed by atoms with E-state index in [9.17, 15) is 0 Å². The lowest BCUT2D eigenvalue weighted by Crippen LogP contribution is -2.36. The molecule has 6 nitrogen and oxygen atoms in total. The maximum atomic E-state index is 4.19. The lowest BCUT2D eigenvalue weighted by atomic mass is 10.1. The minimum atomic E-state index is 0.587. The summed E-state index contributed by atoms with van der Waals surface area (Å²) in [5.41, 5.74) is 2.48. The normalized spacial score (nSPS) is 11.4. The maximum Gasteiger partial charge on any atom is 0.191 e. The molecular formula is C14H20N6. The molecule has 0 bridgehead atoms. The molecule has 0 saturated carbocycles. The molecule has 0 atom stereocenters. The van der Waals surface area contributed by atoms with Crippen molar-refractivity contribution in [2.45, 2.75) is 20.0 Å². The highest BCUT2D eigenvalue weighted by atomic mass is 15.3. The van der Waals surface area contributed by atoms with Gasteiger partial charge in [-0.15, -0.1) is 10.2 Å². The number of nitrogens with zero attached hydrogens (tertiary/aromatic N) is 4. The molecule has 2 N–H and O–H groups in total. The van der Waals surface area contributed by atoms with Gasteiger partial charge in [-0.2, -0.15) is 0 Å². The van der Waals surface area contributed by atoms with Crippen LogP contribution in [0.5, 0.6) is 0 Å². The summed E-state index contributed by atoms with van der Waals surface area (Å²) in [6.45, 7) is 3.40. The van der Waals surface area contributed by atoms with Gasteiger partial charge < -0.3 is 15.2 Å². The van der Waals surface area contributed by atoms with Crippen molar-refractivity contribution in [1.82, 2.24) is 25.4 Å². The van der Waals surface area contributed by atoms with Gasteiger partial charge in [0.05, 0.1) is 6.54 Å². The Kier molecular flexibility index (Phi) is 4.70. The number of aryl methyl sites for hydroxylation is 2. The van der Waals surface area contributed by atoms with Crippen molar-refractivity contribution in [3.63, 3.8) is 0 Å². The minimum Gasteiger partial charge on any atom is -0.352 e. The molecule has 0 fully saturated rings. The van der Waals surface area contributed by atoms with Crippen molar-refractivity contribution in [1.29, 1.82) is 0 Å².